The molecule has 6 nitrogen and oxygen atoms in total. The number of carbonyl (C=O) groups excluding carboxylic acids is 2. The monoisotopic (exact) mass is 430 g/mol. The summed E-state index contributed by atoms with van der Waals surface area (Å²) in [5.74, 6) is 0.104. The van der Waals surface area contributed by atoms with Crippen molar-refractivity contribution in [3.8, 4) is 0 Å². The van der Waals surface area contributed by atoms with Gasteiger partial charge < -0.3 is 16.0 Å². The SMILES string of the molecule is Nc1ccc(/C=C/C(=O)NCC[C@@H]2[C@H]3CN(c4cccc(C(F)(F)F)c4)C(=O)[C@@H]23)cn1. The van der Waals surface area contributed by atoms with Crippen LogP contribution in [0.1, 0.15) is 17.5 Å². The number of nitrogens with one attached hydrogen (secondary N) is 1. The van der Waals surface area contributed by atoms with Crippen LogP contribution in [0.2, 0.25) is 0 Å². The topological polar surface area (TPSA) is 88.3 Å². The average Bonchev–Trinajstić information content (AvgIpc) is 3.31. The Bertz CT molecular complexity index is 1020. The molecule has 1 aliphatic heterocycles. The van der Waals surface area contributed by atoms with Gasteiger partial charge in [0.15, 0.2) is 0 Å². The van der Waals surface area contributed by atoms with E-state index >= 15 is 0 Å². The predicted octanol–water partition coefficient (Wildman–Crippen LogP) is 3.11. The van der Waals surface area contributed by atoms with Crippen LogP contribution in [0.25, 0.3) is 6.08 Å². The molecule has 3 N–H and O–H groups in total. The third-order valence-electron chi connectivity index (χ3n) is 5.77. The number of halogens is 3. The van der Waals surface area contributed by atoms with E-state index in [1.165, 1.54) is 23.1 Å². The van der Waals surface area contributed by atoms with Crippen molar-refractivity contribution in [2.75, 3.05) is 23.7 Å². The zero-order valence-corrected chi connectivity index (χ0v) is 16.5. The maximum Gasteiger partial charge on any atom is 0.416 e. The molecule has 2 heterocycles. The molecule has 2 fully saturated rings. The fourth-order valence-electron chi connectivity index (χ4n) is 4.13. The highest BCUT2D eigenvalue weighted by molar-refractivity contribution is 6.00. The number of benzene rings is 1. The molecule has 31 heavy (non-hydrogen) atoms. The van der Waals surface area contributed by atoms with Gasteiger partial charge in [0.1, 0.15) is 5.82 Å². The second-order valence-electron chi connectivity index (χ2n) is 7.78. The number of fused-ring (bicyclic) bond motifs is 1. The third kappa shape index (κ3) is 4.55. The van der Waals surface area contributed by atoms with Crippen LogP contribution in [-0.4, -0.2) is 29.9 Å². The summed E-state index contributed by atoms with van der Waals surface area (Å²) in [4.78, 5) is 29.9. The number of nitrogens with zero attached hydrogens (tertiary/aromatic N) is 2. The number of hydrogen-bond donors (Lipinski definition) is 2. The van der Waals surface area contributed by atoms with Crippen LogP contribution in [0.4, 0.5) is 24.7 Å². The molecule has 2 amide bonds. The molecule has 1 aliphatic carbocycles. The zero-order chi connectivity index (χ0) is 22.2. The first-order valence-corrected chi connectivity index (χ1v) is 9.90. The number of alkyl halides is 3. The molecule has 2 aromatic rings. The van der Waals surface area contributed by atoms with Gasteiger partial charge in [-0.05, 0) is 60.2 Å². The van der Waals surface area contributed by atoms with Gasteiger partial charge in [-0.2, -0.15) is 13.2 Å². The van der Waals surface area contributed by atoms with Crippen molar-refractivity contribution in [1.82, 2.24) is 10.3 Å². The highest BCUT2D eigenvalue weighted by atomic mass is 19.4. The van der Waals surface area contributed by atoms with E-state index < -0.39 is 11.7 Å². The fraction of sp³-hybridized carbons (Fsp3) is 0.318. The Morgan fingerprint density at radius 1 is 1.29 bits per heavy atom. The molecule has 0 bridgehead atoms. The maximum atomic E-state index is 12.9. The summed E-state index contributed by atoms with van der Waals surface area (Å²) in [5, 5.41) is 2.79. The van der Waals surface area contributed by atoms with E-state index in [1.54, 1.807) is 24.4 Å². The molecule has 2 aliphatic rings. The minimum Gasteiger partial charge on any atom is -0.384 e. The molecule has 1 saturated heterocycles. The van der Waals surface area contributed by atoms with Gasteiger partial charge in [-0.25, -0.2) is 4.98 Å². The minimum absolute atomic E-state index is 0.121. The van der Waals surface area contributed by atoms with E-state index in [0.717, 1.165) is 17.7 Å². The lowest BCUT2D eigenvalue weighted by atomic mass is 10.1. The van der Waals surface area contributed by atoms with E-state index in [4.69, 9.17) is 5.73 Å². The van der Waals surface area contributed by atoms with Crippen LogP contribution >= 0.6 is 0 Å². The summed E-state index contributed by atoms with van der Waals surface area (Å²) in [7, 11) is 0. The molecule has 0 radical (unpaired) electrons. The molecular formula is C22H21F3N4O2. The zero-order valence-electron chi connectivity index (χ0n) is 16.5. The van der Waals surface area contributed by atoms with E-state index in [2.05, 4.69) is 10.3 Å². The molecule has 0 unspecified atom stereocenters. The Morgan fingerprint density at radius 3 is 2.74 bits per heavy atom. The van der Waals surface area contributed by atoms with Crippen LogP contribution < -0.4 is 16.0 Å². The largest absolute Gasteiger partial charge is 0.416 e. The molecule has 1 aromatic heterocycles. The van der Waals surface area contributed by atoms with Gasteiger partial charge in [0.05, 0.1) is 5.56 Å². The van der Waals surface area contributed by atoms with Gasteiger partial charge >= 0.3 is 6.18 Å². The second-order valence-corrected chi connectivity index (χ2v) is 7.78. The molecule has 0 spiro atoms. The number of carbonyl (C=O) groups is 2. The average molecular weight is 430 g/mol. The maximum absolute atomic E-state index is 12.9. The molecule has 4 rings (SSSR count). The van der Waals surface area contributed by atoms with Gasteiger partial charge in [-0.15, -0.1) is 0 Å². The first kappa shape index (κ1) is 20.9. The smallest absolute Gasteiger partial charge is 0.384 e. The van der Waals surface area contributed by atoms with E-state index in [-0.39, 0.29) is 35.3 Å². The summed E-state index contributed by atoms with van der Waals surface area (Å²) in [6.07, 6.45) is 0.805. The Kier molecular flexibility index (Phi) is 5.43. The summed E-state index contributed by atoms with van der Waals surface area (Å²) >= 11 is 0. The number of hydrogen-bond acceptors (Lipinski definition) is 4. The molecule has 1 saturated carbocycles. The van der Waals surface area contributed by atoms with Gasteiger partial charge in [-0.3, -0.25) is 9.59 Å². The van der Waals surface area contributed by atoms with Crippen LogP contribution in [0, 0.1) is 17.8 Å². The third-order valence-corrected chi connectivity index (χ3v) is 5.77. The van der Waals surface area contributed by atoms with Crippen molar-refractivity contribution in [2.45, 2.75) is 12.6 Å². The number of nitrogen functional groups attached to an aromatic ring is 1. The normalized spacial score (nSPS) is 22.6. The lowest BCUT2D eigenvalue weighted by Crippen LogP contribution is -2.31. The predicted molar refractivity (Wildman–Crippen MR) is 110 cm³/mol. The second kappa shape index (κ2) is 8.05. The standard InChI is InChI=1S/C22H21F3N4O2/c23-22(24,25)14-2-1-3-15(10-14)29-12-17-16(20(17)21(29)31)8-9-27-19(30)7-5-13-4-6-18(26)28-11-13/h1-7,10-11,16-17,20H,8-9,12H2,(H2,26,28)(H,27,30)/b7-5+/t16-,17-,20+/m1/s1. The van der Waals surface area contributed by atoms with Gasteiger partial charge in [0, 0.05) is 37.0 Å². The molecule has 3 atom stereocenters. The van der Waals surface area contributed by atoms with Crippen LogP contribution in [0.3, 0.4) is 0 Å². The quantitative estimate of drug-likeness (QED) is 0.690. The van der Waals surface area contributed by atoms with E-state index in [9.17, 15) is 22.8 Å². The van der Waals surface area contributed by atoms with Crippen molar-refractivity contribution in [2.24, 2.45) is 17.8 Å². The number of piperidine rings is 1. The van der Waals surface area contributed by atoms with Crippen molar-refractivity contribution in [3.63, 3.8) is 0 Å². The first-order chi connectivity index (χ1) is 14.7. The van der Waals surface area contributed by atoms with Crippen LogP contribution in [0.5, 0.6) is 0 Å². The van der Waals surface area contributed by atoms with Crippen molar-refractivity contribution >= 4 is 29.4 Å². The first-order valence-electron chi connectivity index (χ1n) is 9.90. The van der Waals surface area contributed by atoms with Crippen molar-refractivity contribution in [1.29, 1.82) is 0 Å². The molecule has 9 heteroatoms. The van der Waals surface area contributed by atoms with Crippen LogP contribution in [-0.2, 0) is 15.8 Å². The summed E-state index contributed by atoms with van der Waals surface area (Å²) in [6, 6.07) is 8.24. The number of anilines is 2. The Hall–Kier alpha value is -3.36. The lowest BCUT2D eigenvalue weighted by molar-refractivity contribution is -0.137. The minimum atomic E-state index is -4.44. The highest BCUT2D eigenvalue weighted by Gasteiger charge is 2.61. The number of pyridine rings is 1. The Labute approximate surface area is 176 Å². The van der Waals surface area contributed by atoms with Gasteiger partial charge in [-0.1, -0.05) is 6.07 Å². The number of nitrogens with two attached hydrogens (primary N) is 1. The highest BCUT2D eigenvalue weighted by Crippen LogP contribution is 2.55. The fourth-order valence-corrected chi connectivity index (χ4v) is 4.13. The molecule has 1 aromatic carbocycles. The number of amides is 2. The van der Waals surface area contributed by atoms with Crippen molar-refractivity contribution < 1.29 is 22.8 Å². The van der Waals surface area contributed by atoms with Gasteiger partial charge in [0.25, 0.3) is 0 Å². The Morgan fingerprint density at radius 2 is 2.10 bits per heavy atom. The van der Waals surface area contributed by atoms with Gasteiger partial charge in [0.2, 0.25) is 11.8 Å². The molecular weight excluding hydrogens is 409 g/mol. The van der Waals surface area contributed by atoms with E-state index in [1.807, 2.05) is 0 Å². The molecule has 162 valence electrons. The van der Waals surface area contributed by atoms with Crippen molar-refractivity contribution in [3.05, 3.63) is 59.8 Å². The summed E-state index contributed by atoms with van der Waals surface area (Å²) in [5.41, 5.74) is 5.78. The Balaban J connectivity index is 1.25. The summed E-state index contributed by atoms with van der Waals surface area (Å²) < 4.78 is 38.8. The number of rotatable bonds is 6. The number of aromatic nitrogens is 1. The van der Waals surface area contributed by atoms with Crippen LogP contribution in [0.15, 0.2) is 48.7 Å². The summed E-state index contributed by atoms with van der Waals surface area (Å²) in [6.45, 7) is 0.838. The lowest BCUT2D eigenvalue weighted by Gasteiger charge is -2.21. The van der Waals surface area contributed by atoms with E-state index in [0.29, 0.717) is 25.3 Å².